The number of hydrogen-bond acceptors (Lipinski definition) is 8. The summed E-state index contributed by atoms with van der Waals surface area (Å²) in [7, 11) is 0. The Kier molecular flexibility index (Phi) is 13.0. The Balaban J connectivity index is 1.60. The second-order valence-corrected chi connectivity index (χ2v) is 15.7. The van der Waals surface area contributed by atoms with Crippen LogP contribution in [0.5, 0.6) is 0 Å². The van der Waals surface area contributed by atoms with E-state index in [1.165, 1.54) is 11.6 Å². The molecule has 2 aliphatic heterocycles. The molecule has 50 heavy (non-hydrogen) atoms. The lowest BCUT2D eigenvalue weighted by atomic mass is 10.0. The Morgan fingerprint density at radius 1 is 1.04 bits per heavy atom. The Labute approximate surface area is 304 Å². The summed E-state index contributed by atoms with van der Waals surface area (Å²) in [4.78, 5) is 57.7. The van der Waals surface area contributed by atoms with Crippen molar-refractivity contribution in [2.75, 3.05) is 13.1 Å². The minimum Gasteiger partial charge on any atom is -0.618 e. The molecule has 3 heterocycles. The lowest BCUT2D eigenvalue weighted by molar-refractivity contribution is -0.614. The van der Waals surface area contributed by atoms with Gasteiger partial charge < -0.3 is 30.2 Å². The fourth-order valence-corrected chi connectivity index (χ4v) is 6.78. The van der Waals surface area contributed by atoms with Gasteiger partial charge in [0.05, 0.1) is 11.1 Å². The van der Waals surface area contributed by atoms with Crippen LogP contribution in [-0.2, 0) is 36.8 Å². The number of rotatable bonds is 11. The van der Waals surface area contributed by atoms with Crippen LogP contribution < -0.4 is 15.4 Å². The highest BCUT2D eigenvalue weighted by molar-refractivity contribution is 6.41. The van der Waals surface area contributed by atoms with Crippen LogP contribution >= 0.6 is 23.2 Å². The lowest BCUT2D eigenvalue weighted by Crippen LogP contribution is -2.53. The van der Waals surface area contributed by atoms with Crippen LogP contribution in [0.25, 0.3) is 0 Å². The Morgan fingerprint density at radius 2 is 1.72 bits per heavy atom. The monoisotopic (exact) mass is 733 g/mol. The molecular formula is C36H49Cl2N5O7. The predicted octanol–water partition coefficient (Wildman–Crippen LogP) is 4.93. The summed E-state index contributed by atoms with van der Waals surface area (Å²) in [5, 5.41) is 18.4. The van der Waals surface area contributed by atoms with E-state index in [1.807, 2.05) is 18.2 Å². The Morgan fingerprint density at radius 3 is 2.38 bits per heavy atom. The summed E-state index contributed by atoms with van der Waals surface area (Å²) in [5.41, 5.74) is -0.0865. The van der Waals surface area contributed by atoms with Gasteiger partial charge in [0.25, 0.3) is 0 Å². The number of aryl methyl sites for hydroxylation is 1. The van der Waals surface area contributed by atoms with Crippen LogP contribution in [0.1, 0.15) is 84.9 Å². The van der Waals surface area contributed by atoms with E-state index < -0.39 is 41.3 Å². The number of benzene rings is 1. The van der Waals surface area contributed by atoms with Gasteiger partial charge in [-0.1, -0.05) is 53.5 Å². The maximum absolute atomic E-state index is 14.5. The summed E-state index contributed by atoms with van der Waals surface area (Å²) >= 11 is 12.1. The van der Waals surface area contributed by atoms with Gasteiger partial charge in [-0.25, -0.2) is 4.79 Å². The topological polar surface area (TPSA) is 144 Å². The first kappa shape index (κ1) is 39.2. The maximum Gasteiger partial charge on any atom is 0.407 e. The van der Waals surface area contributed by atoms with E-state index in [9.17, 15) is 24.4 Å². The second kappa shape index (κ2) is 16.6. The number of hydrogen-bond donors (Lipinski definition) is 2. The van der Waals surface area contributed by atoms with Gasteiger partial charge in [0.2, 0.25) is 23.7 Å². The van der Waals surface area contributed by atoms with Crippen LogP contribution in [0.15, 0.2) is 42.6 Å². The predicted molar refractivity (Wildman–Crippen MR) is 189 cm³/mol. The maximum atomic E-state index is 14.5. The zero-order valence-corrected chi connectivity index (χ0v) is 31.2. The molecular weight excluding hydrogens is 685 g/mol. The molecule has 2 N–H and O–H groups in total. The molecule has 274 valence electrons. The summed E-state index contributed by atoms with van der Waals surface area (Å²) in [6.45, 7) is 11.2. The highest BCUT2D eigenvalue weighted by Gasteiger charge is 2.47. The van der Waals surface area contributed by atoms with Crippen molar-refractivity contribution in [2.45, 2.75) is 122 Å². The number of carbonyl (C=O) groups is 4. The van der Waals surface area contributed by atoms with Gasteiger partial charge in [0.15, 0.2) is 0 Å². The molecule has 4 atom stereocenters. The molecule has 0 radical (unpaired) electrons. The van der Waals surface area contributed by atoms with Crippen LogP contribution in [0.4, 0.5) is 4.79 Å². The lowest BCUT2D eigenvalue weighted by Gasteiger charge is -2.32. The molecule has 0 spiro atoms. The van der Waals surface area contributed by atoms with Crippen molar-refractivity contribution in [1.82, 2.24) is 20.4 Å². The van der Waals surface area contributed by atoms with Crippen molar-refractivity contribution in [3.8, 4) is 0 Å². The van der Waals surface area contributed by atoms with Gasteiger partial charge >= 0.3 is 12.1 Å². The highest BCUT2D eigenvalue weighted by atomic mass is 35.5. The van der Waals surface area contributed by atoms with Gasteiger partial charge in [-0.3, -0.25) is 19.3 Å². The van der Waals surface area contributed by atoms with Gasteiger partial charge in [0, 0.05) is 37.7 Å². The molecule has 0 saturated carbocycles. The number of aromatic nitrogens is 1. The van der Waals surface area contributed by atoms with E-state index in [4.69, 9.17) is 32.7 Å². The Hall–Kier alpha value is -3.61. The third-order valence-corrected chi connectivity index (χ3v) is 9.32. The molecule has 2 aliphatic rings. The number of alkyl carbamates (subject to hydrolysis) is 1. The summed E-state index contributed by atoms with van der Waals surface area (Å²) in [5.74, 6) is -1.29. The number of pyridine rings is 1. The van der Waals surface area contributed by atoms with Crippen LogP contribution in [0.3, 0.4) is 0 Å². The van der Waals surface area contributed by atoms with Crippen LogP contribution in [0, 0.1) is 5.21 Å². The molecule has 2 aromatic rings. The summed E-state index contributed by atoms with van der Waals surface area (Å²) < 4.78 is 11.5. The SMILES string of the molecule is CC(C)(C)OC(=O)CC[C@H](C(=O)NCc1cc(Cl)c(Cl)c[n+]1[O-])N1CCC(CCc2ccccc2)N2C[C@H](NC(=O)OC(C)(C)C)C[C@H]2C1=O. The number of fused-ring (bicyclic) bond motifs is 1. The van der Waals surface area contributed by atoms with Crippen molar-refractivity contribution in [2.24, 2.45) is 0 Å². The van der Waals surface area contributed by atoms with E-state index in [0.717, 1.165) is 19.0 Å². The minimum absolute atomic E-state index is 0.00618. The first-order valence-electron chi connectivity index (χ1n) is 17.1. The fourth-order valence-electron chi connectivity index (χ4n) is 6.47. The molecule has 1 aromatic heterocycles. The van der Waals surface area contributed by atoms with Crippen molar-refractivity contribution >= 4 is 47.1 Å². The molecule has 2 fully saturated rings. The molecule has 2 saturated heterocycles. The summed E-state index contributed by atoms with van der Waals surface area (Å²) in [6.07, 6.45) is 2.89. The van der Waals surface area contributed by atoms with Crippen molar-refractivity contribution in [3.05, 3.63) is 69.1 Å². The van der Waals surface area contributed by atoms with Gasteiger partial charge in [-0.05, 0) is 79.2 Å². The first-order valence-corrected chi connectivity index (χ1v) is 17.8. The van der Waals surface area contributed by atoms with Gasteiger partial charge in [-0.15, -0.1) is 0 Å². The molecule has 14 heteroatoms. The third-order valence-electron chi connectivity index (χ3n) is 8.61. The number of halogens is 2. The van der Waals surface area contributed by atoms with Crippen molar-refractivity contribution < 1.29 is 33.4 Å². The van der Waals surface area contributed by atoms with E-state index in [1.54, 1.807) is 46.4 Å². The highest BCUT2D eigenvalue weighted by Crippen LogP contribution is 2.31. The molecule has 0 aliphatic carbocycles. The standard InChI is InChI=1S/C36H49Cl2N5O7/c1-35(2,3)49-31(44)15-14-29(32(45)39-20-26-19-27(37)28(38)22-43(26)48)41-17-16-25(13-12-23-10-8-7-9-11-23)42-21-24(18-30(42)33(41)46)40-34(47)50-36(4,5)6/h7-11,19,22,24-25,29-30H,12-18,20-21H2,1-6H3,(H,39,45)(H,40,47)/t24-,25?,29-,30+/m1/s1. The zero-order chi connectivity index (χ0) is 36.8. The fraction of sp³-hybridized carbons (Fsp3) is 0.583. The van der Waals surface area contributed by atoms with E-state index in [2.05, 4.69) is 27.7 Å². The molecule has 12 nitrogen and oxygen atoms in total. The Bertz CT molecular complexity index is 1530. The van der Waals surface area contributed by atoms with E-state index in [0.29, 0.717) is 24.1 Å². The van der Waals surface area contributed by atoms with E-state index in [-0.39, 0.29) is 59.7 Å². The number of nitrogens with one attached hydrogen (secondary N) is 2. The van der Waals surface area contributed by atoms with Crippen LogP contribution in [0.2, 0.25) is 10.0 Å². The quantitative estimate of drug-likeness (QED) is 0.188. The molecule has 3 amide bonds. The van der Waals surface area contributed by atoms with Crippen LogP contribution in [-0.4, -0.2) is 82.1 Å². The normalized spacial score (nSPS) is 20.4. The number of amides is 3. The average Bonchev–Trinajstić information content (AvgIpc) is 3.37. The largest absolute Gasteiger partial charge is 0.618 e. The number of ether oxygens (including phenoxy) is 2. The number of esters is 1. The second-order valence-electron chi connectivity index (χ2n) is 14.9. The van der Waals surface area contributed by atoms with Gasteiger partial charge in [-0.2, -0.15) is 4.73 Å². The van der Waals surface area contributed by atoms with E-state index >= 15 is 0 Å². The molecule has 1 unspecified atom stereocenters. The summed E-state index contributed by atoms with van der Waals surface area (Å²) in [6, 6.07) is 9.43. The molecule has 0 bridgehead atoms. The average molecular weight is 735 g/mol. The first-order chi connectivity index (χ1) is 23.4. The van der Waals surface area contributed by atoms with Gasteiger partial charge in [0.1, 0.15) is 28.8 Å². The molecule has 1 aromatic carbocycles. The molecule has 4 rings (SSSR count). The zero-order valence-electron chi connectivity index (χ0n) is 29.7. The minimum atomic E-state index is -1.04. The smallest absolute Gasteiger partial charge is 0.407 e. The van der Waals surface area contributed by atoms with Crippen molar-refractivity contribution in [3.63, 3.8) is 0 Å². The number of carbonyl (C=O) groups excluding carboxylic acids is 4. The van der Waals surface area contributed by atoms with Crippen molar-refractivity contribution in [1.29, 1.82) is 0 Å². The third kappa shape index (κ3) is 11.2. The number of nitrogens with zero attached hydrogens (tertiary/aromatic N) is 3.